The summed E-state index contributed by atoms with van der Waals surface area (Å²) in [6, 6.07) is 8.33. The molecular weight excluding hydrogens is 384 g/mol. The minimum absolute atomic E-state index is 0.119. The summed E-state index contributed by atoms with van der Waals surface area (Å²) in [7, 11) is 0. The van der Waals surface area contributed by atoms with Crippen LogP contribution in [0.2, 0.25) is 5.02 Å². The van der Waals surface area contributed by atoms with E-state index in [0.29, 0.717) is 27.7 Å². The second-order valence-corrected chi connectivity index (χ2v) is 6.66. The number of hydrogen-bond acceptors (Lipinski definition) is 5. The SMILES string of the molecule is CCOC(=O)c1cc(C)n(CC(=O)O[C@@H](C)C(=O)Nc2cccc(Cl)c2)c1C. The first-order valence-corrected chi connectivity index (χ1v) is 9.20. The molecule has 0 spiro atoms. The van der Waals surface area contributed by atoms with E-state index in [1.54, 1.807) is 55.7 Å². The van der Waals surface area contributed by atoms with Crippen molar-refractivity contribution in [3.8, 4) is 0 Å². The Hall–Kier alpha value is -2.80. The largest absolute Gasteiger partial charge is 0.462 e. The molecule has 1 atom stereocenters. The van der Waals surface area contributed by atoms with Crippen molar-refractivity contribution in [2.75, 3.05) is 11.9 Å². The first-order chi connectivity index (χ1) is 13.2. The molecule has 0 aliphatic heterocycles. The van der Waals surface area contributed by atoms with Gasteiger partial charge in [0.2, 0.25) is 0 Å². The number of nitrogens with one attached hydrogen (secondary N) is 1. The molecule has 1 heterocycles. The summed E-state index contributed by atoms with van der Waals surface area (Å²) >= 11 is 5.88. The Balaban J connectivity index is 1.99. The summed E-state index contributed by atoms with van der Waals surface area (Å²) in [5.41, 5.74) is 2.23. The van der Waals surface area contributed by atoms with E-state index in [-0.39, 0.29) is 13.2 Å². The highest BCUT2D eigenvalue weighted by molar-refractivity contribution is 6.30. The highest BCUT2D eigenvalue weighted by Gasteiger charge is 2.21. The maximum atomic E-state index is 12.3. The molecule has 0 aliphatic rings. The van der Waals surface area contributed by atoms with E-state index in [9.17, 15) is 14.4 Å². The quantitative estimate of drug-likeness (QED) is 0.711. The summed E-state index contributed by atoms with van der Waals surface area (Å²) in [5.74, 6) is -1.50. The van der Waals surface area contributed by atoms with Gasteiger partial charge in [-0.15, -0.1) is 0 Å². The Morgan fingerprint density at radius 2 is 1.93 bits per heavy atom. The monoisotopic (exact) mass is 406 g/mol. The highest BCUT2D eigenvalue weighted by Crippen LogP contribution is 2.17. The lowest BCUT2D eigenvalue weighted by Gasteiger charge is -2.15. The molecule has 0 aliphatic carbocycles. The maximum Gasteiger partial charge on any atom is 0.339 e. The molecule has 1 aromatic carbocycles. The van der Waals surface area contributed by atoms with Gasteiger partial charge in [0.15, 0.2) is 6.10 Å². The van der Waals surface area contributed by atoms with Crippen LogP contribution in [0.25, 0.3) is 0 Å². The average molecular weight is 407 g/mol. The van der Waals surface area contributed by atoms with E-state index in [2.05, 4.69) is 5.32 Å². The maximum absolute atomic E-state index is 12.3. The van der Waals surface area contributed by atoms with Crippen molar-refractivity contribution in [1.82, 2.24) is 4.57 Å². The number of amides is 1. The molecular formula is C20H23ClN2O5. The van der Waals surface area contributed by atoms with E-state index in [4.69, 9.17) is 21.1 Å². The van der Waals surface area contributed by atoms with Gasteiger partial charge in [0.1, 0.15) is 6.54 Å². The third-order valence-corrected chi connectivity index (χ3v) is 4.36. The van der Waals surface area contributed by atoms with Crippen molar-refractivity contribution in [2.45, 2.75) is 40.3 Å². The van der Waals surface area contributed by atoms with Crippen molar-refractivity contribution in [3.05, 3.63) is 52.3 Å². The van der Waals surface area contributed by atoms with Crippen LogP contribution >= 0.6 is 11.6 Å². The van der Waals surface area contributed by atoms with Crippen LogP contribution in [0.3, 0.4) is 0 Å². The Morgan fingerprint density at radius 3 is 2.57 bits per heavy atom. The molecule has 1 amide bonds. The lowest BCUT2D eigenvalue weighted by Crippen LogP contribution is -2.31. The normalized spacial score (nSPS) is 11.6. The molecule has 1 aromatic heterocycles. The Kier molecular flexibility index (Phi) is 7.23. The second-order valence-electron chi connectivity index (χ2n) is 6.22. The number of aromatic nitrogens is 1. The lowest BCUT2D eigenvalue weighted by atomic mass is 10.2. The molecule has 150 valence electrons. The first-order valence-electron chi connectivity index (χ1n) is 8.82. The summed E-state index contributed by atoms with van der Waals surface area (Å²) in [5, 5.41) is 3.12. The Bertz CT molecular complexity index is 891. The molecule has 0 saturated heterocycles. The fourth-order valence-corrected chi connectivity index (χ4v) is 2.88. The van der Waals surface area contributed by atoms with Crippen LogP contribution in [0.5, 0.6) is 0 Å². The highest BCUT2D eigenvalue weighted by atomic mass is 35.5. The van der Waals surface area contributed by atoms with Gasteiger partial charge in [-0.1, -0.05) is 17.7 Å². The van der Waals surface area contributed by atoms with Crippen molar-refractivity contribution in [3.63, 3.8) is 0 Å². The minimum Gasteiger partial charge on any atom is -0.462 e. The summed E-state index contributed by atoms with van der Waals surface area (Å²) in [6.07, 6.45) is -0.993. The number of halogens is 1. The molecule has 1 N–H and O–H groups in total. The fraction of sp³-hybridized carbons (Fsp3) is 0.350. The van der Waals surface area contributed by atoms with Gasteiger partial charge in [0, 0.05) is 22.1 Å². The van der Waals surface area contributed by atoms with Gasteiger partial charge < -0.3 is 19.4 Å². The standard InChI is InChI=1S/C20H23ClN2O5/c1-5-27-20(26)17-9-12(2)23(13(17)3)11-18(24)28-14(4)19(25)22-16-8-6-7-15(21)10-16/h6-10,14H,5,11H2,1-4H3,(H,22,25)/t14-/m0/s1. The van der Waals surface area contributed by atoms with E-state index < -0.39 is 23.9 Å². The third-order valence-electron chi connectivity index (χ3n) is 4.13. The van der Waals surface area contributed by atoms with Crippen LogP contribution in [-0.4, -0.2) is 35.1 Å². The van der Waals surface area contributed by atoms with Crippen LogP contribution in [0.1, 0.15) is 35.6 Å². The molecule has 7 nitrogen and oxygen atoms in total. The molecule has 0 fully saturated rings. The Labute approximate surface area is 168 Å². The number of carbonyl (C=O) groups excluding carboxylic acids is 3. The van der Waals surface area contributed by atoms with E-state index in [1.807, 2.05) is 0 Å². The van der Waals surface area contributed by atoms with E-state index in [0.717, 1.165) is 0 Å². The van der Waals surface area contributed by atoms with E-state index in [1.165, 1.54) is 6.92 Å². The third kappa shape index (κ3) is 5.36. The number of esters is 2. The molecule has 0 unspecified atom stereocenters. The predicted octanol–water partition coefficient (Wildman–Crippen LogP) is 3.51. The van der Waals surface area contributed by atoms with Crippen molar-refractivity contribution < 1.29 is 23.9 Å². The van der Waals surface area contributed by atoms with Gasteiger partial charge in [-0.05, 0) is 52.0 Å². The molecule has 0 radical (unpaired) electrons. The van der Waals surface area contributed by atoms with Gasteiger partial charge in [-0.3, -0.25) is 9.59 Å². The predicted molar refractivity (Wildman–Crippen MR) is 105 cm³/mol. The van der Waals surface area contributed by atoms with Crippen molar-refractivity contribution in [2.24, 2.45) is 0 Å². The van der Waals surface area contributed by atoms with E-state index >= 15 is 0 Å². The summed E-state index contributed by atoms with van der Waals surface area (Å²) < 4.78 is 11.9. The number of ether oxygens (including phenoxy) is 2. The number of aryl methyl sites for hydroxylation is 1. The average Bonchev–Trinajstić information content (AvgIpc) is 2.90. The number of anilines is 1. The van der Waals surface area contributed by atoms with Gasteiger partial charge in [0.05, 0.1) is 12.2 Å². The van der Waals surface area contributed by atoms with Crippen LogP contribution in [0.15, 0.2) is 30.3 Å². The second kappa shape index (κ2) is 9.41. The first kappa shape index (κ1) is 21.5. The number of benzene rings is 1. The number of rotatable bonds is 7. The molecule has 0 bridgehead atoms. The summed E-state index contributed by atoms with van der Waals surface area (Å²) in [4.78, 5) is 36.5. The van der Waals surface area contributed by atoms with Gasteiger partial charge in [-0.25, -0.2) is 4.79 Å². The Morgan fingerprint density at radius 1 is 1.21 bits per heavy atom. The lowest BCUT2D eigenvalue weighted by molar-refractivity contribution is -0.153. The smallest absolute Gasteiger partial charge is 0.339 e. The fourth-order valence-electron chi connectivity index (χ4n) is 2.69. The molecule has 2 aromatic rings. The van der Waals surface area contributed by atoms with Crippen LogP contribution in [0, 0.1) is 13.8 Å². The molecule has 28 heavy (non-hydrogen) atoms. The van der Waals surface area contributed by atoms with Crippen molar-refractivity contribution in [1.29, 1.82) is 0 Å². The number of carbonyl (C=O) groups is 3. The zero-order valence-electron chi connectivity index (χ0n) is 16.2. The number of nitrogens with zero attached hydrogens (tertiary/aromatic N) is 1. The van der Waals surface area contributed by atoms with Crippen LogP contribution in [0.4, 0.5) is 5.69 Å². The van der Waals surface area contributed by atoms with Crippen LogP contribution in [-0.2, 0) is 25.6 Å². The van der Waals surface area contributed by atoms with Gasteiger partial charge in [0.25, 0.3) is 5.91 Å². The van der Waals surface area contributed by atoms with Gasteiger partial charge in [-0.2, -0.15) is 0 Å². The van der Waals surface area contributed by atoms with Crippen molar-refractivity contribution >= 4 is 35.1 Å². The number of hydrogen-bond donors (Lipinski definition) is 1. The molecule has 2 rings (SSSR count). The summed E-state index contributed by atoms with van der Waals surface area (Å²) in [6.45, 7) is 6.86. The molecule has 0 saturated carbocycles. The zero-order valence-corrected chi connectivity index (χ0v) is 17.0. The molecule has 8 heteroatoms. The minimum atomic E-state index is -0.993. The van der Waals surface area contributed by atoms with Crippen LogP contribution < -0.4 is 5.32 Å². The topological polar surface area (TPSA) is 86.6 Å². The van der Waals surface area contributed by atoms with Gasteiger partial charge >= 0.3 is 11.9 Å². The zero-order chi connectivity index (χ0) is 20.8.